The van der Waals surface area contributed by atoms with E-state index in [9.17, 15) is 9.50 Å². The molecule has 2 N–H and O–H groups in total. The van der Waals surface area contributed by atoms with Crippen LogP contribution in [0.4, 0.5) is 10.3 Å². The van der Waals surface area contributed by atoms with E-state index in [4.69, 9.17) is 0 Å². The molecule has 3 rings (SSSR count). The van der Waals surface area contributed by atoms with E-state index in [2.05, 4.69) is 15.4 Å². The van der Waals surface area contributed by atoms with Gasteiger partial charge in [0, 0.05) is 0 Å². The van der Waals surface area contributed by atoms with Crippen LogP contribution in [0.2, 0.25) is 0 Å². The molecule has 2 aromatic heterocycles. The van der Waals surface area contributed by atoms with Crippen molar-refractivity contribution in [3.63, 3.8) is 0 Å². The fourth-order valence-electron chi connectivity index (χ4n) is 2.16. The largest absolute Gasteiger partial charge is 0.394 e. The molecule has 0 aliphatic heterocycles. The van der Waals surface area contributed by atoms with Crippen LogP contribution in [0.3, 0.4) is 0 Å². The molecule has 108 valence electrons. The standard InChI is InChI=1S/C15H15FN4O/c16-12-6-7-14-18-15(19-20(14)9-12)17-13(10-21)8-11-4-2-1-3-5-11/h1-7,9,13,21H,8,10H2,(H,17,19). The Morgan fingerprint density at radius 1 is 1.19 bits per heavy atom. The third-order valence-corrected chi connectivity index (χ3v) is 3.17. The number of aliphatic hydroxyl groups excluding tert-OH is 1. The number of benzene rings is 1. The van der Waals surface area contributed by atoms with Crippen molar-refractivity contribution in [2.45, 2.75) is 12.5 Å². The fourth-order valence-corrected chi connectivity index (χ4v) is 2.16. The molecule has 0 saturated carbocycles. The summed E-state index contributed by atoms with van der Waals surface area (Å²) in [5, 5.41) is 16.7. The summed E-state index contributed by atoms with van der Waals surface area (Å²) >= 11 is 0. The molecule has 2 heterocycles. The number of hydrogen-bond acceptors (Lipinski definition) is 4. The lowest BCUT2D eigenvalue weighted by molar-refractivity contribution is 0.273. The Hall–Kier alpha value is -2.47. The number of pyridine rings is 1. The Morgan fingerprint density at radius 3 is 2.76 bits per heavy atom. The zero-order valence-corrected chi connectivity index (χ0v) is 11.3. The Balaban J connectivity index is 1.76. The predicted octanol–water partition coefficient (Wildman–Crippen LogP) is 1.88. The monoisotopic (exact) mass is 286 g/mol. The number of aromatic nitrogens is 3. The first kappa shape index (κ1) is 13.5. The van der Waals surface area contributed by atoms with E-state index in [1.54, 1.807) is 6.07 Å². The molecule has 5 nitrogen and oxygen atoms in total. The molecule has 0 amide bonds. The Kier molecular flexibility index (Phi) is 3.79. The topological polar surface area (TPSA) is 62.5 Å². The SMILES string of the molecule is OCC(Cc1ccccc1)Nc1nc2ccc(F)cn2n1. The van der Waals surface area contributed by atoms with E-state index in [1.165, 1.54) is 16.8 Å². The van der Waals surface area contributed by atoms with E-state index < -0.39 is 0 Å². The summed E-state index contributed by atoms with van der Waals surface area (Å²) in [5.74, 6) is -0.00229. The third-order valence-electron chi connectivity index (χ3n) is 3.17. The van der Waals surface area contributed by atoms with Crippen molar-refractivity contribution in [2.24, 2.45) is 0 Å². The van der Waals surface area contributed by atoms with Gasteiger partial charge in [-0.2, -0.15) is 4.98 Å². The minimum absolute atomic E-state index is 0.0428. The smallest absolute Gasteiger partial charge is 0.243 e. The highest BCUT2D eigenvalue weighted by molar-refractivity contribution is 5.43. The van der Waals surface area contributed by atoms with Gasteiger partial charge in [0.15, 0.2) is 5.65 Å². The summed E-state index contributed by atoms with van der Waals surface area (Å²) in [6.07, 6.45) is 1.92. The van der Waals surface area contributed by atoms with Crippen molar-refractivity contribution in [1.29, 1.82) is 0 Å². The van der Waals surface area contributed by atoms with Crippen LogP contribution >= 0.6 is 0 Å². The van der Waals surface area contributed by atoms with Crippen LogP contribution in [-0.4, -0.2) is 32.4 Å². The number of nitrogens with one attached hydrogen (secondary N) is 1. The van der Waals surface area contributed by atoms with Crippen LogP contribution in [-0.2, 0) is 6.42 Å². The van der Waals surface area contributed by atoms with Crippen LogP contribution in [0.25, 0.3) is 5.65 Å². The lowest BCUT2D eigenvalue weighted by Crippen LogP contribution is -2.27. The van der Waals surface area contributed by atoms with Crippen LogP contribution in [0.15, 0.2) is 48.7 Å². The first-order valence-electron chi connectivity index (χ1n) is 6.68. The summed E-state index contributed by atoms with van der Waals surface area (Å²) in [5.41, 5.74) is 1.66. The minimum atomic E-state index is -0.373. The summed E-state index contributed by atoms with van der Waals surface area (Å²) < 4.78 is 14.5. The highest BCUT2D eigenvalue weighted by atomic mass is 19.1. The maximum atomic E-state index is 13.1. The minimum Gasteiger partial charge on any atom is -0.394 e. The second-order valence-electron chi connectivity index (χ2n) is 4.80. The molecule has 21 heavy (non-hydrogen) atoms. The van der Waals surface area contributed by atoms with Crippen LogP contribution in [0, 0.1) is 5.82 Å². The number of hydrogen-bond donors (Lipinski definition) is 2. The second kappa shape index (κ2) is 5.88. The summed E-state index contributed by atoms with van der Waals surface area (Å²) in [6.45, 7) is -0.0428. The molecule has 3 aromatic rings. The first-order valence-corrected chi connectivity index (χ1v) is 6.68. The maximum absolute atomic E-state index is 13.1. The number of fused-ring (bicyclic) bond motifs is 1. The van der Waals surface area contributed by atoms with E-state index in [-0.39, 0.29) is 18.5 Å². The van der Waals surface area contributed by atoms with Gasteiger partial charge in [0.1, 0.15) is 5.82 Å². The van der Waals surface area contributed by atoms with E-state index >= 15 is 0 Å². The molecule has 1 unspecified atom stereocenters. The third kappa shape index (κ3) is 3.17. The van der Waals surface area contributed by atoms with Crippen molar-refractivity contribution >= 4 is 11.6 Å². The number of halogens is 1. The average Bonchev–Trinajstić information content (AvgIpc) is 2.89. The molecule has 1 atom stereocenters. The molecule has 1 aromatic carbocycles. The lowest BCUT2D eigenvalue weighted by atomic mass is 10.1. The second-order valence-corrected chi connectivity index (χ2v) is 4.80. The molecule has 0 saturated heterocycles. The maximum Gasteiger partial charge on any atom is 0.243 e. The Morgan fingerprint density at radius 2 is 2.00 bits per heavy atom. The number of anilines is 1. The van der Waals surface area contributed by atoms with Crippen LogP contribution in [0.1, 0.15) is 5.56 Å². The zero-order valence-electron chi connectivity index (χ0n) is 11.3. The van der Waals surface area contributed by atoms with Gasteiger partial charge in [0.2, 0.25) is 5.95 Å². The molecule has 6 heteroatoms. The van der Waals surface area contributed by atoms with Crippen molar-refractivity contribution < 1.29 is 9.50 Å². The van der Waals surface area contributed by atoms with Crippen LogP contribution < -0.4 is 5.32 Å². The quantitative estimate of drug-likeness (QED) is 0.752. The predicted molar refractivity (Wildman–Crippen MR) is 77.6 cm³/mol. The van der Waals surface area contributed by atoms with Crippen molar-refractivity contribution in [3.05, 3.63) is 60.0 Å². The van der Waals surface area contributed by atoms with Crippen molar-refractivity contribution in [1.82, 2.24) is 14.6 Å². The van der Waals surface area contributed by atoms with Crippen molar-refractivity contribution in [3.8, 4) is 0 Å². The summed E-state index contributed by atoms with van der Waals surface area (Å²) in [7, 11) is 0. The van der Waals surface area contributed by atoms with E-state index in [0.717, 1.165) is 5.56 Å². The molecular weight excluding hydrogens is 271 g/mol. The average molecular weight is 286 g/mol. The first-order chi connectivity index (χ1) is 10.2. The molecule has 0 radical (unpaired) electrons. The molecule has 0 aliphatic rings. The number of rotatable bonds is 5. The normalized spacial score (nSPS) is 12.5. The van der Waals surface area contributed by atoms with Gasteiger partial charge in [-0.05, 0) is 24.1 Å². The summed E-state index contributed by atoms with van der Waals surface area (Å²) in [6, 6.07) is 12.5. The van der Waals surface area contributed by atoms with Gasteiger partial charge in [-0.3, -0.25) is 0 Å². The molecule has 0 fully saturated rings. The van der Waals surface area contributed by atoms with E-state index in [0.29, 0.717) is 18.0 Å². The van der Waals surface area contributed by atoms with Gasteiger partial charge in [0.05, 0.1) is 18.8 Å². The summed E-state index contributed by atoms with van der Waals surface area (Å²) in [4.78, 5) is 4.25. The fraction of sp³-hybridized carbons (Fsp3) is 0.200. The molecule has 0 spiro atoms. The Bertz CT molecular complexity index is 729. The highest BCUT2D eigenvalue weighted by Gasteiger charge is 2.12. The van der Waals surface area contributed by atoms with Gasteiger partial charge in [0.25, 0.3) is 0 Å². The van der Waals surface area contributed by atoms with Gasteiger partial charge in [-0.1, -0.05) is 30.3 Å². The van der Waals surface area contributed by atoms with Gasteiger partial charge in [-0.15, -0.1) is 5.10 Å². The molecule has 0 bridgehead atoms. The van der Waals surface area contributed by atoms with Gasteiger partial charge >= 0.3 is 0 Å². The van der Waals surface area contributed by atoms with E-state index in [1.807, 2.05) is 30.3 Å². The Labute approximate surface area is 121 Å². The van der Waals surface area contributed by atoms with Gasteiger partial charge in [-0.25, -0.2) is 8.91 Å². The molecular formula is C15H15FN4O. The zero-order chi connectivity index (χ0) is 14.7. The number of aliphatic hydroxyl groups is 1. The lowest BCUT2D eigenvalue weighted by Gasteiger charge is -2.14. The van der Waals surface area contributed by atoms with Gasteiger partial charge < -0.3 is 10.4 Å². The number of nitrogens with zero attached hydrogens (tertiary/aromatic N) is 3. The highest BCUT2D eigenvalue weighted by Crippen LogP contribution is 2.10. The molecule has 0 aliphatic carbocycles. The van der Waals surface area contributed by atoms with Crippen LogP contribution in [0.5, 0.6) is 0 Å². The van der Waals surface area contributed by atoms with Crippen molar-refractivity contribution in [2.75, 3.05) is 11.9 Å².